The van der Waals surface area contributed by atoms with Crippen LogP contribution < -0.4 is 4.74 Å². The van der Waals surface area contributed by atoms with Crippen molar-refractivity contribution in [1.82, 2.24) is 0 Å². The molecule has 0 aromatic heterocycles. The lowest BCUT2D eigenvalue weighted by atomic mass is 9.78. The van der Waals surface area contributed by atoms with E-state index in [0.717, 1.165) is 6.08 Å². The molecular weight excluding hydrogens is 452 g/mol. The van der Waals surface area contributed by atoms with E-state index in [4.69, 9.17) is 21.1 Å². The molecule has 33 heavy (non-hydrogen) atoms. The first-order chi connectivity index (χ1) is 15.7. The molecule has 0 aliphatic heterocycles. The molecular formula is C24H23ClO8. The standard InChI is InChI=1S/C24H23ClO8/c1-2-21(28)33-14-12-24(23(30)31,15-20(26)27)11-13-32-19-6-4-3-5-18(19)22(29)16-7-9-17(25)10-8-16/h2-10H,1,11-15H2,(H,26,27)(H,30,31). The van der Waals surface area contributed by atoms with Gasteiger partial charge in [-0.05, 0) is 49.2 Å². The number of ether oxygens (including phenoxy) is 2. The van der Waals surface area contributed by atoms with E-state index < -0.39 is 29.7 Å². The summed E-state index contributed by atoms with van der Waals surface area (Å²) in [6.07, 6.45) is -0.188. The Kier molecular flexibility index (Phi) is 9.18. The van der Waals surface area contributed by atoms with Crippen molar-refractivity contribution >= 4 is 35.3 Å². The van der Waals surface area contributed by atoms with Gasteiger partial charge in [-0.1, -0.05) is 30.3 Å². The number of halogens is 1. The summed E-state index contributed by atoms with van der Waals surface area (Å²) in [5.74, 6) is -3.49. The summed E-state index contributed by atoms with van der Waals surface area (Å²) in [6.45, 7) is 2.78. The van der Waals surface area contributed by atoms with E-state index in [1.807, 2.05) is 0 Å². The third-order valence-corrected chi connectivity index (χ3v) is 5.26. The van der Waals surface area contributed by atoms with E-state index in [9.17, 15) is 29.4 Å². The van der Waals surface area contributed by atoms with E-state index >= 15 is 0 Å². The third kappa shape index (κ3) is 7.18. The van der Waals surface area contributed by atoms with Crippen molar-refractivity contribution in [3.05, 3.63) is 77.3 Å². The van der Waals surface area contributed by atoms with Gasteiger partial charge in [-0.3, -0.25) is 14.4 Å². The van der Waals surface area contributed by atoms with Gasteiger partial charge in [0.15, 0.2) is 5.78 Å². The predicted molar refractivity (Wildman–Crippen MR) is 120 cm³/mol. The second-order valence-electron chi connectivity index (χ2n) is 7.21. The molecule has 0 saturated heterocycles. The molecule has 2 aromatic carbocycles. The van der Waals surface area contributed by atoms with Crippen molar-refractivity contribution in [2.75, 3.05) is 13.2 Å². The van der Waals surface area contributed by atoms with Crippen LogP contribution in [0.3, 0.4) is 0 Å². The van der Waals surface area contributed by atoms with Gasteiger partial charge in [0, 0.05) is 16.7 Å². The highest BCUT2D eigenvalue weighted by Crippen LogP contribution is 2.33. The minimum Gasteiger partial charge on any atom is -0.493 e. The van der Waals surface area contributed by atoms with Crippen LogP contribution in [0.2, 0.25) is 5.02 Å². The molecule has 0 radical (unpaired) electrons. The average Bonchev–Trinajstić information content (AvgIpc) is 2.78. The second kappa shape index (κ2) is 11.8. The molecule has 8 nitrogen and oxygen atoms in total. The van der Waals surface area contributed by atoms with Gasteiger partial charge >= 0.3 is 17.9 Å². The Morgan fingerprint density at radius 3 is 2.21 bits per heavy atom. The number of carboxylic acids is 2. The Morgan fingerprint density at radius 2 is 1.61 bits per heavy atom. The number of carbonyl (C=O) groups is 4. The summed E-state index contributed by atoms with van der Waals surface area (Å²) in [4.78, 5) is 47.5. The zero-order valence-electron chi connectivity index (χ0n) is 17.7. The number of carbonyl (C=O) groups excluding carboxylic acids is 2. The van der Waals surface area contributed by atoms with Gasteiger partial charge < -0.3 is 19.7 Å². The number of para-hydroxylation sites is 1. The lowest BCUT2D eigenvalue weighted by molar-refractivity contribution is -0.159. The molecule has 0 amide bonds. The first-order valence-corrected chi connectivity index (χ1v) is 10.3. The number of carboxylic acid groups (broad SMARTS) is 2. The zero-order valence-corrected chi connectivity index (χ0v) is 18.4. The fraction of sp³-hybridized carbons (Fsp3) is 0.250. The normalized spacial score (nSPS) is 12.3. The minimum atomic E-state index is -1.73. The number of hydrogen-bond acceptors (Lipinski definition) is 6. The van der Waals surface area contributed by atoms with Crippen molar-refractivity contribution in [2.45, 2.75) is 19.3 Å². The molecule has 0 spiro atoms. The van der Waals surface area contributed by atoms with Crippen LogP contribution in [0.25, 0.3) is 0 Å². The van der Waals surface area contributed by atoms with Gasteiger partial charge in [0.05, 0.1) is 30.6 Å². The van der Waals surface area contributed by atoms with Crippen LogP contribution in [0, 0.1) is 5.41 Å². The minimum absolute atomic E-state index is 0.181. The lowest BCUT2D eigenvalue weighted by Gasteiger charge is -2.27. The molecule has 0 aliphatic rings. The summed E-state index contributed by atoms with van der Waals surface area (Å²) in [6, 6.07) is 12.8. The largest absolute Gasteiger partial charge is 0.493 e. The molecule has 1 unspecified atom stereocenters. The summed E-state index contributed by atoms with van der Waals surface area (Å²) in [5.41, 5.74) is -1.08. The molecule has 1 atom stereocenters. The maximum atomic E-state index is 12.9. The van der Waals surface area contributed by atoms with Gasteiger partial charge in [-0.2, -0.15) is 0 Å². The first kappa shape index (κ1) is 25.6. The van der Waals surface area contributed by atoms with Gasteiger partial charge in [-0.15, -0.1) is 0 Å². The van der Waals surface area contributed by atoms with Crippen LogP contribution >= 0.6 is 11.6 Å². The third-order valence-electron chi connectivity index (χ3n) is 5.01. The molecule has 2 rings (SSSR count). The van der Waals surface area contributed by atoms with Crippen molar-refractivity contribution in [2.24, 2.45) is 5.41 Å². The van der Waals surface area contributed by atoms with Gasteiger partial charge in [0.25, 0.3) is 0 Å². The maximum Gasteiger partial charge on any atom is 0.330 e. The number of rotatable bonds is 13. The number of ketones is 1. The van der Waals surface area contributed by atoms with Crippen LogP contribution in [0.1, 0.15) is 35.2 Å². The van der Waals surface area contributed by atoms with Crippen molar-refractivity contribution in [3.8, 4) is 5.75 Å². The topological polar surface area (TPSA) is 127 Å². The second-order valence-corrected chi connectivity index (χ2v) is 7.64. The van der Waals surface area contributed by atoms with Crippen molar-refractivity contribution in [3.63, 3.8) is 0 Å². The Morgan fingerprint density at radius 1 is 0.970 bits per heavy atom. The van der Waals surface area contributed by atoms with E-state index in [2.05, 4.69) is 6.58 Å². The number of aliphatic carboxylic acids is 2. The SMILES string of the molecule is C=CC(=O)OCCC(CCOc1ccccc1C(=O)c1ccc(Cl)cc1)(CC(=O)O)C(=O)O. The van der Waals surface area contributed by atoms with E-state index in [1.54, 1.807) is 48.5 Å². The Labute approximate surface area is 195 Å². The average molecular weight is 475 g/mol. The van der Waals surface area contributed by atoms with Crippen LogP contribution in [0.4, 0.5) is 0 Å². The van der Waals surface area contributed by atoms with Crippen LogP contribution in [0.5, 0.6) is 5.75 Å². The fourth-order valence-electron chi connectivity index (χ4n) is 3.18. The highest BCUT2D eigenvalue weighted by Gasteiger charge is 2.41. The quantitative estimate of drug-likeness (QED) is 0.253. The molecule has 0 heterocycles. The van der Waals surface area contributed by atoms with E-state index in [-0.39, 0.29) is 43.2 Å². The fourth-order valence-corrected chi connectivity index (χ4v) is 3.31. The van der Waals surface area contributed by atoms with E-state index in [0.29, 0.717) is 10.6 Å². The number of hydrogen-bond donors (Lipinski definition) is 2. The monoisotopic (exact) mass is 474 g/mol. The Hall–Kier alpha value is -3.65. The summed E-state index contributed by atoms with van der Waals surface area (Å²) in [7, 11) is 0. The van der Waals surface area contributed by atoms with Crippen molar-refractivity contribution in [1.29, 1.82) is 0 Å². The Balaban J connectivity index is 2.17. The molecule has 174 valence electrons. The van der Waals surface area contributed by atoms with Gasteiger partial charge in [-0.25, -0.2) is 4.79 Å². The Bertz CT molecular complexity index is 1030. The number of benzene rings is 2. The summed E-state index contributed by atoms with van der Waals surface area (Å²) < 4.78 is 10.6. The van der Waals surface area contributed by atoms with Gasteiger partial charge in [0.2, 0.25) is 0 Å². The first-order valence-electron chi connectivity index (χ1n) is 9.95. The van der Waals surface area contributed by atoms with Crippen LogP contribution in [0.15, 0.2) is 61.2 Å². The smallest absolute Gasteiger partial charge is 0.330 e. The zero-order chi connectivity index (χ0) is 24.4. The maximum absolute atomic E-state index is 12.9. The molecule has 0 saturated carbocycles. The van der Waals surface area contributed by atoms with Crippen LogP contribution in [-0.2, 0) is 19.1 Å². The summed E-state index contributed by atoms with van der Waals surface area (Å²) in [5, 5.41) is 19.5. The molecule has 0 bridgehead atoms. The molecule has 0 fully saturated rings. The van der Waals surface area contributed by atoms with Gasteiger partial charge in [0.1, 0.15) is 5.75 Å². The molecule has 0 aliphatic carbocycles. The molecule has 9 heteroatoms. The summed E-state index contributed by atoms with van der Waals surface area (Å²) >= 11 is 5.87. The number of esters is 1. The van der Waals surface area contributed by atoms with Crippen LogP contribution in [-0.4, -0.2) is 47.1 Å². The van der Waals surface area contributed by atoms with E-state index in [1.165, 1.54) is 0 Å². The molecule has 2 N–H and O–H groups in total. The highest BCUT2D eigenvalue weighted by molar-refractivity contribution is 6.30. The molecule has 2 aromatic rings. The lowest BCUT2D eigenvalue weighted by Crippen LogP contribution is -2.36. The predicted octanol–water partition coefficient (Wildman–Crippen LogP) is 4.00. The highest BCUT2D eigenvalue weighted by atomic mass is 35.5. The van der Waals surface area contributed by atoms with Crippen molar-refractivity contribution < 1.29 is 38.9 Å².